The Labute approximate surface area is 113 Å². The van der Waals surface area contributed by atoms with Gasteiger partial charge in [-0.2, -0.15) is 0 Å². The smallest absolute Gasteiger partial charge is 0.0794 e. The molecule has 0 aliphatic carbocycles. The summed E-state index contributed by atoms with van der Waals surface area (Å²) in [6.45, 7) is 6.50. The van der Waals surface area contributed by atoms with Crippen LogP contribution in [-0.2, 0) is 6.54 Å². The molecular weight excluding hydrogens is 240 g/mol. The van der Waals surface area contributed by atoms with Crippen molar-refractivity contribution in [3.8, 4) is 0 Å². The topological polar surface area (TPSA) is 24.9 Å². The largest absolute Gasteiger partial charge is 0.311 e. The monoisotopic (exact) mass is 260 g/mol. The lowest BCUT2D eigenvalue weighted by Crippen LogP contribution is -2.24. The molecule has 0 amide bonds. The van der Waals surface area contributed by atoms with E-state index in [9.17, 15) is 0 Å². The third-order valence-electron chi connectivity index (χ3n) is 3.18. The Kier molecular flexibility index (Phi) is 4.90. The molecule has 2 rings (SSSR count). The predicted octanol–water partition coefficient (Wildman–Crippen LogP) is 3.67. The second-order valence-electron chi connectivity index (χ2n) is 4.86. The molecule has 0 aliphatic rings. The van der Waals surface area contributed by atoms with Crippen molar-refractivity contribution in [3.63, 3.8) is 0 Å². The lowest BCUT2D eigenvalue weighted by atomic mass is 9.88. The SMILES string of the molecule is CC(C)C(CNCc1cncs1)c1ccccc1. The summed E-state index contributed by atoms with van der Waals surface area (Å²) in [4.78, 5) is 5.39. The molecule has 2 aromatic rings. The molecule has 1 aromatic carbocycles. The summed E-state index contributed by atoms with van der Waals surface area (Å²) in [6, 6.07) is 10.8. The number of aromatic nitrogens is 1. The maximum atomic E-state index is 4.09. The first-order chi connectivity index (χ1) is 8.77. The van der Waals surface area contributed by atoms with Crippen molar-refractivity contribution in [2.75, 3.05) is 6.54 Å². The zero-order valence-electron chi connectivity index (χ0n) is 11.0. The molecule has 0 radical (unpaired) electrons. The van der Waals surface area contributed by atoms with E-state index in [1.165, 1.54) is 10.4 Å². The van der Waals surface area contributed by atoms with Gasteiger partial charge in [-0.15, -0.1) is 11.3 Å². The van der Waals surface area contributed by atoms with Gasteiger partial charge in [-0.3, -0.25) is 4.98 Å². The molecule has 0 fully saturated rings. The van der Waals surface area contributed by atoms with E-state index in [4.69, 9.17) is 0 Å². The quantitative estimate of drug-likeness (QED) is 0.857. The average molecular weight is 260 g/mol. The maximum absolute atomic E-state index is 4.09. The average Bonchev–Trinajstić information content (AvgIpc) is 2.88. The highest BCUT2D eigenvalue weighted by atomic mass is 32.1. The highest BCUT2D eigenvalue weighted by Crippen LogP contribution is 2.23. The molecule has 0 saturated carbocycles. The fraction of sp³-hybridized carbons (Fsp3) is 0.400. The van der Waals surface area contributed by atoms with Crippen molar-refractivity contribution < 1.29 is 0 Å². The second kappa shape index (κ2) is 6.66. The molecule has 0 spiro atoms. The van der Waals surface area contributed by atoms with E-state index in [1.807, 2.05) is 11.7 Å². The van der Waals surface area contributed by atoms with Gasteiger partial charge in [0, 0.05) is 24.2 Å². The normalized spacial score (nSPS) is 12.8. The van der Waals surface area contributed by atoms with Crippen LogP contribution in [0.25, 0.3) is 0 Å². The highest BCUT2D eigenvalue weighted by molar-refractivity contribution is 7.09. The van der Waals surface area contributed by atoms with Gasteiger partial charge < -0.3 is 5.32 Å². The van der Waals surface area contributed by atoms with Crippen molar-refractivity contribution in [2.24, 2.45) is 5.92 Å². The van der Waals surface area contributed by atoms with E-state index in [0.29, 0.717) is 11.8 Å². The minimum absolute atomic E-state index is 0.569. The standard InChI is InChI=1S/C15H20N2S/c1-12(2)15(13-6-4-3-5-7-13)10-16-8-14-9-17-11-18-14/h3-7,9,11-12,15-16H,8,10H2,1-2H3. The third kappa shape index (κ3) is 3.65. The molecule has 1 aromatic heterocycles. The fourth-order valence-electron chi connectivity index (χ4n) is 2.12. The molecule has 1 N–H and O–H groups in total. The lowest BCUT2D eigenvalue weighted by Gasteiger charge is -2.21. The Balaban J connectivity index is 1.91. The molecule has 3 heteroatoms. The van der Waals surface area contributed by atoms with Crippen molar-refractivity contribution in [2.45, 2.75) is 26.3 Å². The van der Waals surface area contributed by atoms with Crippen LogP contribution >= 0.6 is 11.3 Å². The number of nitrogens with zero attached hydrogens (tertiary/aromatic N) is 1. The third-order valence-corrected chi connectivity index (χ3v) is 3.96. The Morgan fingerprint density at radius 1 is 1.22 bits per heavy atom. The molecule has 2 nitrogen and oxygen atoms in total. The van der Waals surface area contributed by atoms with E-state index in [-0.39, 0.29) is 0 Å². The molecule has 18 heavy (non-hydrogen) atoms. The van der Waals surface area contributed by atoms with Gasteiger partial charge in [0.15, 0.2) is 0 Å². The van der Waals surface area contributed by atoms with Crippen LogP contribution < -0.4 is 5.32 Å². The predicted molar refractivity (Wildman–Crippen MR) is 77.8 cm³/mol. The van der Waals surface area contributed by atoms with Crippen molar-refractivity contribution in [3.05, 3.63) is 52.5 Å². The fourth-order valence-corrected chi connectivity index (χ4v) is 2.68. The van der Waals surface area contributed by atoms with Crippen LogP contribution in [0, 0.1) is 5.92 Å². The summed E-state index contributed by atoms with van der Waals surface area (Å²) < 4.78 is 0. The van der Waals surface area contributed by atoms with Gasteiger partial charge in [-0.05, 0) is 17.4 Å². The Morgan fingerprint density at radius 3 is 2.61 bits per heavy atom. The van der Waals surface area contributed by atoms with Crippen LogP contribution in [0.3, 0.4) is 0 Å². The van der Waals surface area contributed by atoms with Gasteiger partial charge in [-0.25, -0.2) is 0 Å². The van der Waals surface area contributed by atoms with E-state index < -0.39 is 0 Å². The molecule has 1 heterocycles. The minimum Gasteiger partial charge on any atom is -0.311 e. The zero-order chi connectivity index (χ0) is 12.8. The van der Waals surface area contributed by atoms with Crippen LogP contribution in [0.4, 0.5) is 0 Å². The number of nitrogens with one attached hydrogen (secondary N) is 1. The summed E-state index contributed by atoms with van der Waals surface area (Å²) in [5.41, 5.74) is 3.30. The van der Waals surface area contributed by atoms with Crippen molar-refractivity contribution >= 4 is 11.3 Å². The van der Waals surface area contributed by atoms with Gasteiger partial charge in [-0.1, -0.05) is 44.2 Å². The first-order valence-electron chi connectivity index (χ1n) is 6.40. The first kappa shape index (κ1) is 13.2. The van der Waals surface area contributed by atoms with Crippen molar-refractivity contribution in [1.29, 1.82) is 0 Å². The molecule has 96 valence electrons. The van der Waals surface area contributed by atoms with E-state index in [1.54, 1.807) is 11.3 Å². The summed E-state index contributed by atoms with van der Waals surface area (Å²) >= 11 is 1.71. The van der Waals surface area contributed by atoms with Crippen LogP contribution in [0.15, 0.2) is 42.0 Å². The summed E-state index contributed by atoms with van der Waals surface area (Å²) in [5.74, 6) is 1.21. The summed E-state index contributed by atoms with van der Waals surface area (Å²) in [5, 5.41) is 3.54. The molecule has 0 saturated heterocycles. The molecular formula is C15H20N2S. The van der Waals surface area contributed by atoms with Crippen molar-refractivity contribution in [1.82, 2.24) is 10.3 Å². The van der Waals surface area contributed by atoms with Crippen LogP contribution in [0.5, 0.6) is 0 Å². The van der Waals surface area contributed by atoms with E-state index in [0.717, 1.165) is 13.1 Å². The van der Waals surface area contributed by atoms with E-state index >= 15 is 0 Å². The highest BCUT2D eigenvalue weighted by Gasteiger charge is 2.14. The number of thiazole rings is 1. The number of hydrogen-bond donors (Lipinski definition) is 1. The zero-order valence-corrected chi connectivity index (χ0v) is 11.8. The summed E-state index contributed by atoms with van der Waals surface area (Å²) in [7, 11) is 0. The van der Waals surface area contributed by atoms with Crippen LogP contribution in [-0.4, -0.2) is 11.5 Å². The number of rotatable bonds is 6. The molecule has 0 aliphatic heterocycles. The Bertz CT molecular complexity index is 437. The van der Waals surface area contributed by atoms with Gasteiger partial charge in [0.05, 0.1) is 5.51 Å². The molecule has 1 unspecified atom stereocenters. The second-order valence-corrected chi connectivity index (χ2v) is 5.83. The first-order valence-corrected chi connectivity index (χ1v) is 7.28. The molecule has 0 bridgehead atoms. The lowest BCUT2D eigenvalue weighted by molar-refractivity contribution is 0.462. The van der Waals surface area contributed by atoms with Gasteiger partial charge in [0.25, 0.3) is 0 Å². The summed E-state index contributed by atoms with van der Waals surface area (Å²) in [6.07, 6.45) is 1.94. The number of hydrogen-bond acceptors (Lipinski definition) is 3. The van der Waals surface area contributed by atoms with E-state index in [2.05, 4.69) is 54.5 Å². The Hall–Kier alpha value is -1.19. The number of benzene rings is 1. The van der Waals surface area contributed by atoms with Gasteiger partial charge in [0.1, 0.15) is 0 Å². The maximum Gasteiger partial charge on any atom is 0.0794 e. The van der Waals surface area contributed by atoms with Gasteiger partial charge >= 0.3 is 0 Å². The Morgan fingerprint density at radius 2 is 2.00 bits per heavy atom. The minimum atomic E-state index is 0.569. The molecule has 1 atom stereocenters. The van der Waals surface area contributed by atoms with Crippen LogP contribution in [0.1, 0.15) is 30.2 Å². The van der Waals surface area contributed by atoms with Gasteiger partial charge in [0.2, 0.25) is 0 Å². The van der Waals surface area contributed by atoms with Crippen LogP contribution in [0.2, 0.25) is 0 Å².